The third-order valence-electron chi connectivity index (χ3n) is 6.75. The number of aliphatic carboxylic acids is 1. The summed E-state index contributed by atoms with van der Waals surface area (Å²) < 4.78 is 20.2. The summed E-state index contributed by atoms with van der Waals surface area (Å²) in [6.45, 7) is -0.864. The van der Waals surface area contributed by atoms with Crippen LogP contribution in [0.3, 0.4) is 0 Å². The molecule has 2 heterocycles. The monoisotopic (exact) mass is 660 g/mol. The Labute approximate surface area is 271 Å². The van der Waals surface area contributed by atoms with Crippen molar-refractivity contribution >= 4 is 11.9 Å². The van der Waals surface area contributed by atoms with Gasteiger partial charge in [-0.2, -0.15) is 0 Å². The van der Waals surface area contributed by atoms with Gasteiger partial charge in [0.25, 0.3) is 5.91 Å². The molecule has 0 bridgehead atoms. The largest absolute Gasteiger partial charge is 0.472 e. The number of rotatable bonds is 5. The summed E-state index contributed by atoms with van der Waals surface area (Å²) >= 11 is 0. The molecule has 0 aromatic heterocycles. The third kappa shape index (κ3) is 12.3. The Bertz CT molecular complexity index is 1340. The number of aliphatic hydroxyl groups is 6. The summed E-state index contributed by atoms with van der Waals surface area (Å²) in [4.78, 5) is 21.9. The van der Waals surface area contributed by atoms with Crippen molar-refractivity contribution in [2.45, 2.75) is 61.3 Å². The number of carbonyl (C=O) groups excluding carboxylic acids is 1. The van der Waals surface area contributed by atoms with E-state index in [1.165, 1.54) is 14.2 Å². The lowest BCUT2D eigenvalue weighted by Crippen LogP contribution is -2.64. The Morgan fingerprint density at radius 3 is 1.64 bits per heavy atom. The molecule has 2 aliphatic rings. The van der Waals surface area contributed by atoms with E-state index in [0.717, 1.165) is 5.56 Å². The normalized spacial score (nSPS) is 29.5. The lowest BCUT2D eigenvalue weighted by Gasteiger charge is -2.41. The van der Waals surface area contributed by atoms with Gasteiger partial charge in [0, 0.05) is 37.2 Å². The van der Waals surface area contributed by atoms with Gasteiger partial charge in [-0.3, -0.25) is 4.79 Å². The Morgan fingerprint density at radius 2 is 1.19 bits per heavy atom. The molecule has 2 aromatic rings. The first-order valence-electron chi connectivity index (χ1n) is 14.2. The van der Waals surface area contributed by atoms with Crippen molar-refractivity contribution in [2.75, 3.05) is 27.4 Å². The Balaban J connectivity index is 0.000000270. The number of hydrogen-bond donors (Lipinski definition) is 9. The van der Waals surface area contributed by atoms with Crippen LogP contribution in [0.5, 0.6) is 0 Å². The van der Waals surface area contributed by atoms with Crippen molar-refractivity contribution in [3.63, 3.8) is 0 Å². The summed E-state index contributed by atoms with van der Waals surface area (Å²) in [5, 5.41) is 67.3. The fourth-order valence-corrected chi connectivity index (χ4v) is 4.24. The van der Waals surface area contributed by atoms with Gasteiger partial charge in [-0.25, -0.2) is 4.79 Å². The van der Waals surface area contributed by atoms with Crippen molar-refractivity contribution in [3.05, 3.63) is 71.8 Å². The van der Waals surface area contributed by atoms with Gasteiger partial charge in [-0.1, -0.05) is 48.2 Å². The van der Waals surface area contributed by atoms with Crippen LogP contribution in [-0.4, -0.2) is 136 Å². The zero-order valence-electron chi connectivity index (χ0n) is 25.6. The smallest absolute Gasteiger partial charge is 0.382 e. The van der Waals surface area contributed by atoms with Gasteiger partial charge in [-0.05, 0) is 24.3 Å². The highest BCUT2D eigenvalue weighted by Crippen LogP contribution is 2.22. The highest BCUT2D eigenvalue weighted by Gasteiger charge is 2.45. The number of amides is 1. The fourth-order valence-electron chi connectivity index (χ4n) is 4.24. The van der Waals surface area contributed by atoms with Crippen LogP contribution in [0.4, 0.5) is 0 Å². The minimum Gasteiger partial charge on any atom is -0.472 e. The second-order valence-electron chi connectivity index (χ2n) is 10.00. The van der Waals surface area contributed by atoms with Crippen LogP contribution in [-0.2, 0) is 28.5 Å². The molecule has 15 heteroatoms. The molecule has 0 spiro atoms. The first-order chi connectivity index (χ1) is 22.5. The molecular formula is C32H40N2O13. The number of nitrogens with one attached hydrogen (secondary N) is 1. The van der Waals surface area contributed by atoms with Gasteiger partial charge in [0.1, 0.15) is 42.7 Å². The summed E-state index contributed by atoms with van der Waals surface area (Å²) in [5.41, 5.74) is 6.89. The van der Waals surface area contributed by atoms with E-state index in [-0.39, 0.29) is 6.61 Å². The molecule has 2 fully saturated rings. The second kappa shape index (κ2) is 20.3. The predicted octanol–water partition coefficient (Wildman–Crippen LogP) is -2.87. The van der Waals surface area contributed by atoms with E-state index < -0.39 is 79.8 Å². The molecule has 1 amide bonds. The molecule has 0 aliphatic carbocycles. The number of nitrogens with two attached hydrogens (primary N) is 1. The van der Waals surface area contributed by atoms with Crippen LogP contribution in [0.2, 0.25) is 0 Å². The number of hydrogen-bond acceptors (Lipinski definition) is 13. The Morgan fingerprint density at radius 1 is 0.745 bits per heavy atom. The van der Waals surface area contributed by atoms with Crippen LogP contribution in [0.25, 0.3) is 0 Å². The summed E-state index contributed by atoms with van der Waals surface area (Å²) in [5.74, 6) is 7.86. The maximum atomic E-state index is 11.9. The maximum absolute atomic E-state index is 11.9. The number of carboxylic acid groups (broad SMARTS) is 1. The number of carboxylic acids is 1. The lowest BCUT2D eigenvalue weighted by molar-refractivity contribution is -0.262. The Kier molecular flexibility index (Phi) is 17.0. The van der Waals surface area contributed by atoms with Crippen LogP contribution < -0.4 is 11.1 Å². The number of ether oxygens (including phenoxy) is 4. The van der Waals surface area contributed by atoms with E-state index in [9.17, 15) is 30.0 Å². The van der Waals surface area contributed by atoms with Crippen molar-refractivity contribution in [1.29, 1.82) is 0 Å². The lowest BCUT2D eigenvalue weighted by atomic mass is 9.97. The van der Waals surface area contributed by atoms with E-state index in [0.29, 0.717) is 5.56 Å². The number of methoxy groups -OCH3 is 2. The minimum absolute atomic E-state index is 0.384. The van der Waals surface area contributed by atoms with Crippen molar-refractivity contribution in [3.8, 4) is 23.7 Å². The quantitative estimate of drug-likeness (QED) is 0.146. The molecule has 10 unspecified atom stereocenters. The molecule has 15 nitrogen and oxygen atoms in total. The maximum Gasteiger partial charge on any atom is 0.382 e. The summed E-state index contributed by atoms with van der Waals surface area (Å²) in [7, 11) is 2.71. The molecule has 10 atom stereocenters. The van der Waals surface area contributed by atoms with Crippen LogP contribution >= 0.6 is 0 Å². The van der Waals surface area contributed by atoms with Crippen LogP contribution in [0.1, 0.15) is 11.1 Å². The standard InChI is InChI=1S/C16H19NO6.C9H6O2.C7H15NO5/c1-22-16-13(15(21)14(20)11(9-18)23-16)17-12(19)8-7-10-5-3-2-4-6-10;10-9(11)7-6-8-4-2-1-3-5-8;1-12-7-4(8)6(11)5(10)3(2-9)13-7/h2-6,11,13-16,18,20-21H,9H2,1H3,(H,17,19);1-5H,(H,10,11);3-7,9-11H,2,8H2,1H3. The highest BCUT2D eigenvalue weighted by molar-refractivity contribution is 5.94. The molecule has 4 rings (SSSR count). The van der Waals surface area contributed by atoms with E-state index in [1.54, 1.807) is 36.4 Å². The van der Waals surface area contributed by atoms with E-state index >= 15 is 0 Å². The van der Waals surface area contributed by atoms with E-state index in [4.69, 9.17) is 40.0 Å². The minimum atomic E-state index is -1.35. The third-order valence-corrected chi connectivity index (χ3v) is 6.75. The zero-order chi connectivity index (χ0) is 34.9. The molecular weight excluding hydrogens is 620 g/mol. The molecule has 0 radical (unpaired) electrons. The van der Waals surface area contributed by atoms with Gasteiger partial charge in [0.15, 0.2) is 12.6 Å². The molecule has 2 saturated heterocycles. The predicted molar refractivity (Wildman–Crippen MR) is 164 cm³/mol. The van der Waals surface area contributed by atoms with Crippen molar-refractivity contribution < 1.29 is 64.3 Å². The zero-order valence-corrected chi connectivity index (χ0v) is 25.6. The van der Waals surface area contributed by atoms with Gasteiger partial charge in [0.2, 0.25) is 0 Å². The number of benzene rings is 2. The molecule has 47 heavy (non-hydrogen) atoms. The van der Waals surface area contributed by atoms with Gasteiger partial charge in [0.05, 0.1) is 19.3 Å². The Hall–Kier alpha value is -3.94. The fraction of sp³-hybridized carbons (Fsp3) is 0.438. The van der Waals surface area contributed by atoms with Gasteiger partial charge in [-0.15, -0.1) is 0 Å². The van der Waals surface area contributed by atoms with E-state index in [2.05, 4.69) is 23.1 Å². The van der Waals surface area contributed by atoms with Gasteiger partial charge >= 0.3 is 5.97 Å². The SMILES string of the molecule is COC1OC(CO)C(O)C(O)C1N.COC1OC(CO)C(O)C(O)C1NC(=O)C#Cc1ccccc1.O=C(O)C#Cc1ccccc1. The first-order valence-corrected chi connectivity index (χ1v) is 14.2. The average Bonchev–Trinajstić information content (AvgIpc) is 3.09. The van der Waals surface area contributed by atoms with Crippen LogP contribution in [0, 0.1) is 23.7 Å². The highest BCUT2D eigenvalue weighted by atomic mass is 16.7. The number of aliphatic hydroxyl groups excluding tert-OH is 6. The molecule has 0 saturated carbocycles. The van der Waals surface area contributed by atoms with Crippen molar-refractivity contribution in [2.24, 2.45) is 5.73 Å². The number of carbonyl (C=O) groups is 2. The molecule has 2 aliphatic heterocycles. The van der Waals surface area contributed by atoms with E-state index in [1.807, 2.05) is 30.2 Å². The molecule has 256 valence electrons. The summed E-state index contributed by atoms with van der Waals surface area (Å²) in [6, 6.07) is 16.1. The topological polar surface area (TPSA) is 251 Å². The molecule has 10 N–H and O–H groups in total. The second-order valence-corrected chi connectivity index (χ2v) is 10.00. The van der Waals surface area contributed by atoms with Crippen LogP contribution in [0.15, 0.2) is 60.7 Å². The van der Waals surface area contributed by atoms with Crippen molar-refractivity contribution in [1.82, 2.24) is 5.32 Å². The average molecular weight is 661 g/mol. The van der Waals surface area contributed by atoms with Gasteiger partial charge < -0.3 is 65.7 Å². The molecule has 2 aromatic carbocycles. The summed E-state index contributed by atoms with van der Waals surface area (Å²) in [6.07, 6.45) is -8.66. The first kappa shape index (κ1) is 39.2.